The molecule has 3 nitrogen and oxygen atoms in total. The van der Waals surface area contributed by atoms with Crippen LogP contribution in [0.15, 0.2) is 41.1 Å². The van der Waals surface area contributed by atoms with E-state index < -0.39 is 0 Å². The number of likely N-dealkylation sites (tertiary alicyclic amines) is 1. The number of thiophene rings is 1. The number of piperidine rings is 1. The molecule has 1 aromatic heterocycles. The second-order valence-electron chi connectivity index (χ2n) is 6.04. The van der Waals surface area contributed by atoms with E-state index in [0.717, 1.165) is 39.0 Å². The highest BCUT2D eigenvalue weighted by atomic mass is 32.1. The highest BCUT2D eigenvalue weighted by molar-refractivity contribution is 7.07. The van der Waals surface area contributed by atoms with Crippen LogP contribution in [-0.2, 0) is 13.1 Å². The van der Waals surface area contributed by atoms with Gasteiger partial charge in [-0.2, -0.15) is 11.3 Å². The second kappa shape index (κ2) is 7.77. The molecule has 118 valence electrons. The van der Waals surface area contributed by atoms with Gasteiger partial charge >= 0.3 is 0 Å². The van der Waals surface area contributed by atoms with E-state index in [2.05, 4.69) is 51.3 Å². The standard InChI is InChI=1S/C18H24N2OS/c21-13-15-5-8-20(9-6-15)12-17-3-1-2-4-18(17)19-11-16-7-10-22-14-16/h1-4,7,10,14-15,19,21H,5-6,8-9,11-13H2. The monoisotopic (exact) mass is 316 g/mol. The summed E-state index contributed by atoms with van der Waals surface area (Å²) in [5.41, 5.74) is 3.93. The van der Waals surface area contributed by atoms with E-state index >= 15 is 0 Å². The molecule has 0 amide bonds. The number of hydrogen-bond acceptors (Lipinski definition) is 4. The molecule has 2 aromatic rings. The van der Waals surface area contributed by atoms with Crippen molar-refractivity contribution in [3.8, 4) is 0 Å². The maximum Gasteiger partial charge on any atom is 0.0460 e. The number of benzene rings is 1. The van der Waals surface area contributed by atoms with E-state index in [0.29, 0.717) is 12.5 Å². The maximum atomic E-state index is 9.24. The summed E-state index contributed by atoms with van der Waals surface area (Å²) in [4.78, 5) is 2.50. The van der Waals surface area contributed by atoms with Gasteiger partial charge in [0.1, 0.15) is 0 Å². The van der Waals surface area contributed by atoms with Gasteiger partial charge in [0.05, 0.1) is 0 Å². The minimum atomic E-state index is 0.340. The largest absolute Gasteiger partial charge is 0.396 e. The Morgan fingerprint density at radius 2 is 2.00 bits per heavy atom. The third kappa shape index (κ3) is 4.09. The molecule has 1 fully saturated rings. The van der Waals surface area contributed by atoms with E-state index in [-0.39, 0.29) is 0 Å². The minimum absolute atomic E-state index is 0.340. The quantitative estimate of drug-likeness (QED) is 0.855. The summed E-state index contributed by atoms with van der Waals surface area (Å²) < 4.78 is 0. The molecule has 2 N–H and O–H groups in total. The first-order valence-electron chi connectivity index (χ1n) is 8.01. The van der Waals surface area contributed by atoms with E-state index in [4.69, 9.17) is 0 Å². The van der Waals surface area contributed by atoms with Crippen LogP contribution in [-0.4, -0.2) is 29.7 Å². The molecule has 1 aliphatic rings. The predicted octanol–water partition coefficient (Wildman–Crippen LogP) is 3.56. The molecule has 0 atom stereocenters. The van der Waals surface area contributed by atoms with Gasteiger partial charge < -0.3 is 10.4 Å². The fraction of sp³-hybridized carbons (Fsp3) is 0.444. The molecule has 1 saturated heterocycles. The van der Waals surface area contributed by atoms with Crippen molar-refractivity contribution in [2.75, 3.05) is 25.0 Å². The van der Waals surface area contributed by atoms with Gasteiger partial charge in [-0.05, 0) is 65.9 Å². The SMILES string of the molecule is OCC1CCN(Cc2ccccc2NCc2ccsc2)CC1. The van der Waals surface area contributed by atoms with Crippen LogP contribution >= 0.6 is 11.3 Å². The number of aliphatic hydroxyl groups excluding tert-OH is 1. The van der Waals surface area contributed by atoms with Crippen molar-refractivity contribution < 1.29 is 5.11 Å². The molecule has 4 heteroatoms. The molecule has 3 rings (SSSR count). The molecule has 2 heterocycles. The Bertz CT molecular complexity index is 562. The lowest BCUT2D eigenvalue weighted by Gasteiger charge is -2.31. The van der Waals surface area contributed by atoms with Crippen molar-refractivity contribution >= 4 is 17.0 Å². The Hall–Kier alpha value is -1.36. The van der Waals surface area contributed by atoms with Crippen molar-refractivity contribution in [3.63, 3.8) is 0 Å². The van der Waals surface area contributed by atoms with Gasteiger partial charge in [-0.15, -0.1) is 0 Å². The van der Waals surface area contributed by atoms with Gasteiger partial charge in [-0.3, -0.25) is 4.90 Å². The first-order valence-corrected chi connectivity index (χ1v) is 8.95. The minimum Gasteiger partial charge on any atom is -0.396 e. The van der Waals surface area contributed by atoms with Gasteiger partial charge in [-0.1, -0.05) is 18.2 Å². The van der Waals surface area contributed by atoms with Crippen LogP contribution in [0.2, 0.25) is 0 Å². The highest BCUT2D eigenvalue weighted by Gasteiger charge is 2.19. The van der Waals surface area contributed by atoms with Crippen molar-refractivity contribution in [3.05, 3.63) is 52.2 Å². The molecule has 0 spiro atoms. The summed E-state index contributed by atoms with van der Waals surface area (Å²) in [5, 5.41) is 17.1. The molecular weight excluding hydrogens is 292 g/mol. The van der Waals surface area contributed by atoms with Crippen LogP contribution in [0.25, 0.3) is 0 Å². The zero-order valence-electron chi connectivity index (χ0n) is 12.9. The summed E-state index contributed by atoms with van der Waals surface area (Å²) in [6.45, 7) is 4.39. The third-order valence-electron chi connectivity index (χ3n) is 4.44. The fourth-order valence-corrected chi connectivity index (χ4v) is 3.66. The molecule has 0 radical (unpaired) electrons. The zero-order chi connectivity index (χ0) is 15.2. The zero-order valence-corrected chi connectivity index (χ0v) is 13.7. The van der Waals surface area contributed by atoms with E-state index in [1.54, 1.807) is 11.3 Å². The van der Waals surface area contributed by atoms with Crippen LogP contribution in [0.4, 0.5) is 5.69 Å². The van der Waals surface area contributed by atoms with Gasteiger partial charge in [0.2, 0.25) is 0 Å². The van der Waals surface area contributed by atoms with Gasteiger partial charge in [0, 0.05) is 25.4 Å². The smallest absolute Gasteiger partial charge is 0.0460 e. The van der Waals surface area contributed by atoms with E-state index in [9.17, 15) is 5.11 Å². The molecule has 0 aliphatic carbocycles. The van der Waals surface area contributed by atoms with Gasteiger partial charge in [-0.25, -0.2) is 0 Å². The Balaban J connectivity index is 1.59. The molecular formula is C18H24N2OS. The summed E-state index contributed by atoms with van der Waals surface area (Å²) in [5.74, 6) is 0.503. The lowest BCUT2D eigenvalue weighted by Crippen LogP contribution is -2.34. The molecule has 0 unspecified atom stereocenters. The third-order valence-corrected chi connectivity index (χ3v) is 5.17. The molecule has 1 aromatic carbocycles. The number of anilines is 1. The van der Waals surface area contributed by atoms with Crippen molar-refractivity contribution in [1.82, 2.24) is 4.90 Å². The molecule has 0 saturated carbocycles. The Kier molecular flexibility index (Phi) is 5.48. The second-order valence-corrected chi connectivity index (χ2v) is 6.82. The van der Waals surface area contributed by atoms with Crippen LogP contribution < -0.4 is 5.32 Å². The number of rotatable bonds is 6. The summed E-state index contributed by atoms with van der Waals surface area (Å²) >= 11 is 1.74. The van der Waals surface area contributed by atoms with Gasteiger partial charge in [0.15, 0.2) is 0 Å². The first-order chi connectivity index (χ1) is 10.8. The Morgan fingerprint density at radius 1 is 1.18 bits per heavy atom. The average molecular weight is 316 g/mol. The Morgan fingerprint density at radius 3 is 2.73 bits per heavy atom. The summed E-state index contributed by atoms with van der Waals surface area (Å²) in [6.07, 6.45) is 2.22. The lowest BCUT2D eigenvalue weighted by atomic mass is 9.97. The highest BCUT2D eigenvalue weighted by Crippen LogP contribution is 2.22. The van der Waals surface area contributed by atoms with Crippen molar-refractivity contribution in [2.45, 2.75) is 25.9 Å². The topological polar surface area (TPSA) is 35.5 Å². The number of para-hydroxylation sites is 1. The summed E-state index contributed by atoms with van der Waals surface area (Å²) in [7, 11) is 0. The van der Waals surface area contributed by atoms with Crippen molar-refractivity contribution in [2.24, 2.45) is 5.92 Å². The van der Waals surface area contributed by atoms with Crippen molar-refractivity contribution in [1.29, 1.82) is 0 Å². The first kappa shape index (κ1) is 15.5. The number of nitrogens with zero attached hydrogens (tertiary/aromatic N) is 1. The van der Waals surface area contributed by atoms with Gasteiger partial charge in [0.25, 0.3) is 0 Å². The van der Waals surface area contributed by atoms with E-state index in [1.807, 2.05) is 0 Å². The Labute approximate surface area is 136 Å². The molecule has 0 bridgehead atoms. The molecule has 22 heavy (non-hydrogen) atoms. The maximum absolute atomic E-state index is 9.24. The summed E-state index contributed by atoms with van der Waals surface area (Å²) in [6, 6.07) is 10.8. The number of nitrogens with one attached hydrogen (secondary N) is 1. The predicted molar refractivity (Wildman–Crippen MR) is 93.2 cm³/mol. The average Bonchev–Trinajstić information content (AvgIpc) is 3.08. The number of hydrogen-bond donors (Lipinski definition) is 2. The van der Waals surface area contributed by atoms with Crippen LogP contribution in [0.5, 0.6) is 0 Å². The van der Waals surface area contributed by atoms with Crippen LogP contribution in [0.3, 0.4) is 0 Å². The number of aliphatic hydroxyl groups is 1. The van der Waals surface area contributed by atoms with Crippen LogP contribution in [0.1, 0.15) is 24.0 Å². The fourth-order valence-electron chi connectivity index (χ4n) is 2.99. The van der Waals surface area contributed by atoms with E-state index in [1.165, 1.54) is 16.8 Å². The van der Waals surface area contributed by atoms with Crippen LogP contribution in [0, 0.1) is 5.92 Å². The normalized spacial score (nSPS) is 16.8. The molecule has 1 aliphatic heterocycles. The lowest BCUT2D eigenvalue weighted by molar-refractivity contribution is 0.127.